The first-order chi connectivity index (χ1) is 15.5. The van der Waals surface area contributed by atoms with Crippen LogP contribution in [0.4, 0.5) is 0 Å². The van der Waals surface area contributed by atoms with Crippen LogP contribution in [0.5, 0.6) is 5.75 Å². The summed E-state index contributed by atoms with van der Waals surface area (Å²) in [5.41, 5.74) is 4.82. The summed E-state index contributed by atoms with van der Waals surface area (Å²) >= 11 is 0. The molecule has 0 saturated heterocycles. The number of aryl methyl sites for hydroxylation is 1. The fraction of sp³-hybridized carbons (Fsp3) is 0.333. The van der Waals surface area contributed by atoms with E-state index in [0.29, 0.717) is 17.9 Å². The summed E-state index contributed by atoms with van der Waals surface area (Å²) < 4.78 is 9.24. The minimum Gasteiger partial charge on any atom is -0.495 e. The summed E-state index contributed by atoms with van der Waals surface area (Å²) in [4.78, 5) is 17.4. The highest BCUT2D eigenvalue weighted by Crippen LogP contribution is 2.34. The minimum atomic E-state index is -0.811. The molecule has 1 aromatic carbocycles. The number of hydrogen-bond donors (Lipinski definition) is 1. The van der Waals surface area contributed by atoms with Crippen molar-refractivity contribution in [1.29, 1.82) is 0 Å². The zero-order valence-electron chi connectivity index (χ0n) is 18.5. The molecule has 8 heteroatoms. The third-order valence-corrected chi connectivity index (χ3v) is 6.37. The normalized spacial score (nSPS) is 20.7. The van der Waals surface area contributed by atoms with E-state index in [4.69, 9.17) is 4.74 Å². The highest BCUT2D eigenvalue weighted by atomic mass is 16.5. The lowest BCUT2D eigenvalue weighted by Crippen LogP contribution is -2.45. The number of amides is 1. The molecule has 2 aliphatic rings. The zero-order chi connectivity index (χ0) is 22.3. The number of nitrogens with zero attached hydrogens (tertiary/aromatic N) is 5. The number of hydrogen-bond acceptors (Lipinski definition) is 5. The second kappa shape index (κ2) is 7.78. The smallest absolute Gasteiger partial charge is 0.251 e. The van der Waals surface area contributed by atoms with Gasteiger partial charge in [-0.25, -0.2) is 9.67 Å². The van der Waals surface area contributed by atoms with E-state index in [-0.39, 0.29) is 5.91 Å². The van der Waals surface area contributed by atoms with Crippen LogP contribution in [0.15, 0.2) is 60.3 Å². The van der Waals surface area contributed by atoms with Crippen molar-refractivity contribution in [3.05, 3.63) is 66.0 Å². The Balaban J connectivity index is 1.44. The highest BCUT2D eigenvalue weighted by Gasteiger charge is 2.39. The molecule has 0 saturated carbocycles. The molecule has 1 unspecified atom stereocenters. The molecule has 3 aromatic rings. The lowest BCUT2D eigenvalue weighted by molar-refractivity contribution is -0.129. The molecule has 1 N–H and O–H groups in total. The fourth-order valence-corrected chi connectivity index (χ4v) is 4.31. The third kappa shape index (κ3) is 3.41. The quantitative estimate of drug-likeness (QED) is 0.682. The molecule has 0 radical (unpaired) electrons. The zero-order valence-corrected chi connectivity index (χ0v) is 18.5. The van der Waals surface area contributed by atoms with Gasteiger partial charge in [0.15, 0.2) is 0 Å². The van der Waals surface area contributed by atoms with Crippen molar-refractivity contribution < 1.29 is 9.53 Å². The maximum atomic E-state index is 13.2. The van der Waals surface area contributed by atoms with Gasteiger partial charge in [0.2, 0.25) is 0 Å². The van der Waals surface area contributed by atoms with Crippen LogP contribution in [0, 0.1) is 6.92 Å². The van der Waals surface area contributed by atoms with Crippen molar-refractivity contribution in [3.63, 3.8) is 0 Å². The van der Waals surface area contributed by atoms with E-state index in [1.165, 1.54) is 5.57 Å². The summed E-state index contributed by atoms with van der Waals surface area (Å²) in [5.74, 6) is 0.661. The van der Waals surface area contributed by atoms with E-state index < -0.39 is 5.54 Å². The number of benzene rings is 1. The maximum Gasteiger partial charge on any atom is 0.251 e. The molecule has 164 valence electrons. The third-order valence-electron chi connectivity index (χ3n) is 6.37. The monoisotopic (exact) mass is 430 g/mol. The Morgan fingerprint density at radius 3 is 2.88 bits per heavy atom. The summed E-state index contributed by atoms with van der Waals surface area (Å²) in [6.07, 6.45) is 13.2. The second-order valence-electron chi connectivity index (χ2n) is 8.53. The van der Waals surface area contributed by atoms with Crippen LogP contribution in [0.3, 0.4) is 0 Å². The van der Waals surface area contributed by atoms with Crippen molar-refractivity contribution in [2.24, 2.45) is 0 Å². The summed E-state index contributed by atoms with van der Waals surface area (Å²) in [5, 5.41) is 11.9. The van der Waals surface area contributed by atoms with Crippen molar-refractivity contribution in [1.82, 2.24) is 29.9 Å². The molecule has 0 fully saturated rings. The maximum absolute atomic E-state index is 13.2. The first-order valence-electron chi connectivity index (χ1n) is 10.8. The summed E-state index contributed by atoms with van der Waals surface area (Å²) in [6.45, 7) is 3.87. The van der Waals surface area contributed by atoms with Gasteiger partial charge in [-0.15, -0.1) is 5.10 Å². The largest absolute Gasteiger partial charge is 0.495 e. The minimum absolute atomic E-state index is 0.0438. The fourth-order valence-electron chi connectivity index (χ4n) is 4.31. The number of carbonyl (C=O) groups is 1. The van der Waals surface area contributed by atoms with Gasteiger partial charge in [-0.1, -0.05) is 23.4 Å². The van der Waals surface area contributed by atoms with Gasteiger partial charge < -0.3 is 14.6 Å². The molecule has 1 aliphatic heterocycles. The lowest BCUT2D eigenvalue weighted by atomic mass is 9.92. The van der Waals surface area contributed by atoms with Gasteiger partial charge in [0.1, 0.15) is 17.0 Å². The van der Waals surface area contributed by atoms with E-state index in [1.54, 1.807) is 18.1 Å². The molecule has 8 nitrogen and oxygen atoms in total. The first kappa shape index (κ1) is 20.2. The molecule has 3 heterocycles. The Kier molecular flexibility index (Phi) is 4.92. The van der Waals surface area contributed by atoms with E-state index in [0.717, 1.165) is 41.9 Å². The van der Waals surface area contributed by atoms with E-state index in [1.807, 2.05) is 49.0 Å². The van der Waals surface area contributed by atoms with Crippen molar-refractivity contribution in [2.45, 2.75) is 45.1 Å². The number of methoxy groups -OCH3 is 1. The first-order valence-corrected chi connectivity index (χ1v) is 10.8. The summed E-state index contributed by atoms with van der Waals surface area (Å²) in [6, 6.07) is 5.88. The Morgan fingerprint density at radius 1 is 1.22 bits per heavy atom. The Labute approximate surface area is 186 Å². The Bertz CT molecular complexity index is 1250. The average molecular weight is 431 g/mol. The number of nitrogens with one attached hydrogen (secondary N) is 1. The number of ether oxygens (including phenoxy) is 1. The molecule has 5 rings (SSSR count). The molecular formula is C24H26N6O2. The van der Waals surface area contributed by atoms with E-state index in [2.05, 4.69) is 32.8 Å². The SMILES string of the molecule is COc1cc(-c2cn(C3(C)CCC4=C(CCC=C4)NC3=O)nn2)ccc1-n1cnc(C)c1. The van der Waals surface area contributed by atoms with Gasteiger partial charge in [0.25, 0.3) is 5.91 Å². The van der Waals surface area contributed by atoms with Crippen LogP contribution in [-0.2, 0) is 10.3 Å². The number of carbonyl (C=O) groups excluding carboxylic acids is 1. The number of rotatable bonds is 4. The lowest BCUT2D eigenvalue weighted by Gasteiger charge is -2.26. The second-order valence-corrected chi connectivity index (χ2v) is 8.53. The average Bonchev–Trinajstić information content (AvgIpc) is 3.45. The number of aromatic nitrogens is 5. The van der Waals surface area contributed by atoms with Gasteiger partial charge in [-0.05, 0) is 57.2 Å². The summed E-state index contributed by atoms with van der Waals surface area (Å²) in [7, 11) is 1.64. The molecule has 0 spiro atoms. The Hall–Kier alpha value is -3.68. The van der Waals surface area contributed by atoms with Gasteiger partial charge in [0, 0.05) is 17.5 Å². The molecule has 1 atom stereocenters. The number of allylic oxidation sites excluding steroid dienone is 4. The van der Waals surface area contributed by atoms with Crippen LogP contribution < -0.4 is 10.1 Å². The standard InChI is InChI=1S/C24H26N6O2/c1-16-13-29(15-25-16)21-9-8-18(12-22(21)32-3)20-14-30(28-27-20)24(2)11-10-17-6-4-5-7-19(17)26-23(24)31/h4,6,8-9,12-15H,5,7,10-11H2,1-3H3,(H,26,31). The van der Waals surface area contributed by atoms with Crippen molar-refractivity contribution >= 4 is 5.91 Å². The van der Waals surface area contributed by atoms with E-state index in [9.17, 15) is 4.79 Å². The molecular weight excluding hydrogens is 404 g/mol. The highest BCUT2D eigenvalue weighted by molar-refractivity contribution is 5.86. The predicted octanol–water partition coefficient (Wildman–Crippen LogP) is 3.68. The van der Waals surface area contributed by atoms with E-state index >= 15 is 0 Å². The van der Waals surface area contributed by atoms with Crippen LogP contribution >= 0.6 is 0 Å². The van der Waals surface area contributed by atoms with Gasteiger partial charge in [-0.2, -0.15) is 0 Å². The molecule has 32 heavy (non-hydrogen) atoms. The van der Waals surface area contributed by atoms with Crippen LogP contribution in [-0.4, -0.2) is 37.6 Å². The van der Waals surface area contributed by atoms with Gasteiger partial charge >= 0.3 is 0 Å². The molecule has 2 aromatic heterocycles. The molecule has 0 bridgehead atoms. The van der Waals surface area contributed by atoms with Gasteiger partial charge in [-0.3, -0.25) is 4.79 Å². The van der Waals surface area contributed by atoms with Crippen LogP contribution in [0.25, 0.3) is 16.9 Å². The van der Waals surface area contributed by atoms with Crippen LogP contribution in [0.1, 0.15) is 38.3 Å². The molecule has 1 amide bonds. The van der Waals surface area contributed by atoms with Crippen LogP contribution in [0.2, 0.25) is 0 Å². The van der Waals surface area contributed by atoms with Crippen molar-refractivity contribution in [2.75, 3.05) is 7.11 Å². The molecule has 1 aliphatic carbocycles. The predicted molar refractivity (Wildman–Crippen MR) is 120 cm³/mol. The van der Waals surface area contributed by atoms with Crippen molar-refractivity contribution in [3.8, 4) is 22.7 Å². The topological polar surface area (TPSA) is 86.9 Å². The van der Waals surface area contributed by atoms with Gasteiger partial charge in [0.05, 0.1) is 31.0 Å². The Morgan fingerprint density at radius 2 is 2.09 bits per heavy atom. The number of imidazole rings is 1.